The van der Waals surface area contributed by atoms with Crippen LogP contribution in [0.3, 0.4) is 0 Å². The molecule has 0 radical (unpaired) electrons. The van der Waals surface area contributed by atoms with E-state index in [1.807, 2.05) is 0 Å². The number of likely N-dealkylation sites (tertiary alicyclic amines) is 1. The van der Waals surface area contributed by atoms with Crippen LogP contribution in [0.25, 0.3) is 6.08 Å². The first-order chi connectivity index (χ1) is 14.2. The number of amides is 2. The van der Waals surface area contributed by atoms with Crippen molar-refractivity contribution in [2.24, 2.45) is 16.5 Å². The standard InChI is InChI=1S/C19H23N5O6/c20-19(21)22-12-6-3-11(4-7-12)5-8-15(25)23-13(10-16(26)27)17(28)24-9-1-2-14(24)18(29)30/h3-8,13-14H,1-2,9-10H2,(H,23,25)(H,26,27)(H,29,30)(H4,20,21,22)/t13-,14-/m0/s1. The Morgan fingerprint density at radius 3 is 2.43 bits per heavy atom. The van der Waals surface area contributed by atoms with Crippen LogP contribution in [0, 0.1) is 0 Å². The van der Waals surface area contributed by atoms with Gasteiger partial charge in [0.05, 0.1) is 12.1 Å². The molecule has 1 saturated heterocycles. The zero-order chi connectivity index (χ0) is 22.3. The SMILES string of the molecule is NC(N)=Nc1ccc(C=CC(=O)N[C@@H](CC(=O)O)C(=O)N2CCC[C@H]2C(=O)O)cc1. The molecule has 11 heteroatoms. The number of carboxylic acids is 2. The van der Waals surface area contributed by atoms with E-state index >= 15 is 0 Å². The number of benzene rings is 1. The lowest BCUT2D eigenvalue weighted by atomic mass is 10.1. The molecule has 7 N–H and O–H groups in total. The molecule has 1 aromatic rings. The van der Waals surface area contributed by atoms with Crippen molar-refractivity contribution in [1.82, 2.24) is 10.2 Å². The fourth-order valence-corrected chi connectivity index (χ4v) is 3.06. The maximum absolute atomic E-state index is 12.7. The highest BCUT2D eigenvalue weighted by Crippen LogP contribution is 2.19. The van der Waals surface area contributed by atoms with Gasteiger partial charge in [-0.05, 0) is 36.6 Å². The van der Waals surface area contributed by atoms with Crippen LogP contribution in [0.5, 0.6) is 0 Å². The number of aliphatic imine (C=N–C) groups is 1. The van der Waals surface area contributed by atoms with Crippen LogP contribution < -0.4 is 16.8 Å². The summed E-state index contributed by atoms with van der Waals surface area (Å²) < 4.78 is 0. The van der Waals surface area contributed by atoms with Gasteiger partial charge in [0, 0.05) is 12.6 Å². The highest BCUT2D eigenvalue weighted by Gasteiger charge is 2.38. The second-order valence-electron chi connectivity index (χ2n) is 6.65. The van der Waals surface area contributed by atoms with Crippen LogP contribution in [0.1, 0.15) is 24.8 Å². The number of guanidine groups is 1. The largest absolute Gasteiger partial charge is 0.481 e. The van der Waals surface area contributed by atoms with Gasteiger partial charge in [-0.15, -0.1) is 0 Å². The smallest absolute Gasteiger partial charge is 0.326 e. The van der Waals surface area contributed by atoms with Crippen LogP contribution in [-0.4, -0.2) is 63.5 Å². The van der Waals surface area contributed by atoms with Gasteiger partial charge in [-0.25, -0.2) is 9.79 Å². The highest BCUT2D eigenvalue weighted by molar-refractivity contribution is 5.97. The predicted molar refractivity (Wildman–Crippen MR) is 108 cm³/mol. The maximum atomic E-state index is 12.7. The van der Waals surface area contributed by atoms with Crippen LogP contribution in [-0.2, 0) is 19.2 Å². The van der Waals surface area contributed by atoms with Gasteiger partial charge >= 0.3 is 11.9 Å². The van der Waals surface area contributed by atoms with E-state index in [1.54, 1.807) is 24.3 Å². The van der Waals surface area contributed by atoms with Crippen LogP contribution in [0.2, 0.25) is 0 Å². The molecule has 1 fully saturated rings. The molecule has 0 unspecified atom stereocenters. The van der Waals surface area contributed by atoms with Gasteiger partial charge < -0.3 is 31.9 Å². The average molecular weight is 417 g/mol. The van der Waals surface area contributed by atoms with E-state index in [9.17, 15) is 24.3 Å². The Bertz CT molecular complexity index is 876. The van der Waals surface area contributed by atoms with E-state index in [0.717, 1.165) is 11.0 Å². The van der Waals surface area contributed by atoms with Gasteiger partial charge in [-0.1, -0.05) is 12.1 Å². The molecule has 0 aliphatic carbocycles. The molecule has 1 heterocycles. The first-order valence-electron chi connectivity index (χ1n) is 9.10. The van der Waals surface area contributed by atoms with E-state index in [-0.39, 0.29) is 18.9 Å². The van der Waals surface area contributed by atoms with E-state index in [1.165, 1.54) is 6.08 Å². The monoisotopic (exact) mass is 417 g/mol. The minimum absolute atomic E-state index is 0.0880. The molecular formula is C19H23N5O6. The number of aliphatic carboxylic acids is 2. The molecule has 1 aliphatic heterocycles. The Morgan fingerprint density at radius 1 is 1.20 bits per heavy atom. The van der Waals surface area contributed by atoms with E-state index in [4.69, 9.17) is 16.6 Å². The second kappa shape index (κ2) is 10.0. The normalized spacial score (nSPS) is 16.8. The first kappa shape index (κ1) is 22.4. The van der Waals surface area contributed by atoms with Gasteiger partial charge in [0.15, 0.2) is 5.96 Å². The lowest BCUT2D eigenvalue weighted by molar-refractivity contribution is -0.150. The van der Waals surface area contributed by atoms with Gasteiger partial charge in [0.1, 0.15) is 12.1 Å². The molecule has 0 aromatic heterocycles. The van der Waals surface area contributed by atoms with Gasteiger partial charge in [0.2, 0.25) is 11.8 Å². The Morgan fingerprint density at radius 2 is 1.87 bits per heavy atom. The molecule has 1 aromatic carbocycles. The number of hydrogen-bond acceptors (Lipinski definition) is 5. The topological polar surface area (TPSA) is 188 Å². The predicted octanol–water partition coefficient (Wildman–Crippen LogP) is -0.360. The minimum Gasteiger partial charge on any atom is -0.481 e. The van der Waals surface area contributed by atoms with Crippen LogP contribution >= 0.6 is 0 Å². The summed E-state index contributed by atoms with van der Waals surface area (Å²) >= 11 is 0. The van der Waals surface area contributed by atoms with Crippen molar-refractivity contribution in [3.05, 3.63) is 35.9 Å². The molecule has 0 spiro atoms. The van der Waals surface area contributed by atoms with E-state index in [2.05, 4.69) is 10.3 Å². The van der Waals surface area contributed by atoms with Crippen molar-refractivity contribution in [3.63, 3.8) is 0 Å². The Labute approximate surface area is 172 Å². The number of nitrogens with two attached hydrogens (primary N) is 2. The van der Waals surface area contributed by atoms with E-state index < -0.39 is 42.3 Å². The molecule has 160 valence electrons. The van der Waals surface area contributed by atoms with Crippen molar-refractivity contribution in [2.75, 3.05) is 6.54 Å². The summed E-state index contributed by atoms with van der Waals surface area (Å²) in [5.41, 5.74) is 11.8. The van der Waals surface area contributed by atoms with Gasteiger partial charge in [0.25, 0.3) is 0 Å². The quantitative estimate of drug-likeness (QED) is 0.215. The third kappa shape index (κ3) is 6.33. The number of nitrogens with zero attached hydrogens (tertiary/aromatic N) is 2. The number of carboxylic acid groups (broad SMARTS) is 2. The van der Waals surface area contributed by atoms with Crippen molar-refractivity contribution < 1.29 is 29.4 Å². The Hall–Kier alpha value is -3.89. The van der Waals surface area contributed by atoms with E-state index in [0.29, 0.717) is 17.7 Å². The summed E-state index contributed by atoms with van der Waals surface area (Å²) in [6, 6.07) is 4.19. The second-order valence-corrected chi connectivity index (χ2v) is 6.65. The summed E-state index contributed by atoms with van der Waals surface area (Å²) in [6.07, 6.45) is 2.73. The molecule has 30 heavy (non-hydrogen) atoms. The lowest BCUT2D eigenvalue weighted by Crippen LogP contribution is -2.52. The Kier molecular flexibility index (Phi) is 7.50. The van der Waals surface area contributed by atoms with Crippen molar-refractivity contribution in [2.45, 2.75) is 31.3 Å². The van der Waals surface area contributed by atoms with Crippen molar-refractivity contribution in [1.29, 1.82) is 0 Å². The molecule has 2 rings (SSSR count). The van der Waals surface area contributed by atoms with Crippen LogP contribution in [0.4, 0.5) is 5.69 Å². The molecule has 11 nitrogen and oxygen atoms in total. The summed E-state index contributed by atoms with van der Waals surface area (Å²) in [4.78, 5) is 52.3. The summed E-state index contributed by atoms with van der Waals surface area (Å²) in [5.74, 6) is -3.96. The summed E-state index contributed by atoms with van der Waals surface area (Å²) in [7, 11) is 0. The zero-order valence-corrected chi connectivity index (χ0v) is 16.0. The van der Waals surface area contributed by atoms with Crippen molar-refractivity contribution >= 4 is 41.5 Å². The molecule has 1 aliphatic rings. The number of carbonyl (C=O) groups is 4. The zero-order valence-electron chi connectivity index (χ0n) is 16.0. The first-order valence-corrected chi connectivity index (χ1v) is 9.10. The Balaban J connectivity index is 2.06. The summed E-state index contributed by atoms with van der Waals surface area (Å²) in [5, 5.41) is 20.6. The number of rotatable bonds is 8. The third-order valence-electron chi connectivity index (χ3n) is 4.39. The lowest BCUT2D eigenvalue weighted by Gasteiger charge is -2.26. The van der Waals surface area contributed by atoms with Gasteiger partial charge in [-0.3, -0.25) is 14.4 Å². The highest BCUT2D eigenvalue weighted by atomic mass is 16.4. The third-order valence-corrected chi connectivity index (χ3v) is 4.39. The maximum Gasteiger partial charge on any atom is 0.326 e. The molecule has 2 atom stereocenters. The number of nitrogens with one attached hydrogen (secondary N) is 1. The minimum atomic E-state index is -1.37. The van der Waals surface area contributed by atoms with Gasteiger partial charge in [-0.2, -0.15) is 0 Å². The van der Waals surface area contributed by atoms with Crippen LogP contribution in [0.15, 0.2) is 35.3 Å². The average Bonchev–Trinajstić information content (AvgIpc) is 3.15. The molecular weight excluding hydrogens is 394 g/mol. The molecule has 0 saturated carbocycles. The fraction of sp³-hybridized carbons (Fsp3) is 0.316. The number of hydrogen-bond donors (Lipinski definition) is 5. The number of carbonyl (C=O) groups excluding carboxylic acids is 2. The molecule has 2 amide bonds. The molecule has 0 bridgehead atoms. The fourth-order valence-electron chi connectivity index (χ4n) is 3.06. The summed E-state index contributed by atoms with van der Waals surface area (Å²) in [6.45, 7) is 0.194. The van der Waals surface area contributed by atoms with Crippen molar-refractivity contribution in [3.8, 4) is 0 Å².